The van der Waals surface area contributed by atoms with E-state index in [1.165, 1.54) is 0 Å². The summed E-state index contributed by atoms with van der Waals surface area (Å²) in [5, 5.41) is 23.7. The number of benzene rings is 1. The molecule has 1 saturated heterocycles. The number of likely N-dealkylation sites (tertiary alicyclic amines) is 1. The molecule has 3 N–H and O–H groups in total. The molecule has 2 aliphatic rings. The van der Waals surface area contributed by atoms with Crippen LogP contribution in [0, 0.1) is 11.3 Å². The van der Waals surface area contributed by atoms with Crippen LogP contribution in [0.5, 0.6) is 0 Å². The first-order valence-corrected chi connectivity index (χ1v) is 10.3. The zero-order chi connectivity index (χ0) is 20.5. The number of piperidine rings is 1. The minimum Gasteiger partial charge on any atom is -0.465 e. The number of nitrogens with zero attached hydrogens (tertiary/aromatic N) is 1. The normalized spacial score (nSPS) is 29.9. The first kappa shape index (κ1) is 20.9. The summed E-state index contributed by atoms with van der Waals surface area (Å²) in [6.45, 7) is 4.79. The molecule has 0 spiro atoms. The van der Waals surface area contributed by atoms with E-state index in [0.717, 1.165) is 18.4 Å². The van der Waals surface area contributed by atoms with Gasteiger partial charge in [-0.15, -0.1) is 0 Å². The van der Waals surface area contributed by atoms with Gasteiger partial charge < -0.3 is 20.4 Å². The van der Waals surface area contributed by atoms with Gasteiger partial charge in [0.15, 0.2) is 0 Å². The van der Waals surface area contributed by atoms with E-state index in [2.05, 4.69) is 5.32 Å². The predicted molar refractivity (Wildman–Crippen MR) is 107 cm³/mol. The average Bonchev–Trinajstić information content (AvgIpc) is 2.64. The summed E-state index contributed by atoms with van der Waals surface area (Å²) in [5.74, 6) is -0.341. The van der Waals surface area contributed by atoms with Gasteiger partial charge in [0.25, 0.3) is 0 Å². The second-order valence-electron chi connectivity index (χ2n) is 8.71. The molecule has 0 aromatic heterocycles. The summed E-state index contributed by atoms with van der Waals surface area (Å²) in [5.41, 5.74) is -0.809. The van der Waals surface area contributed by atoms with Gasteiger partial charge in [0.2, 0.25) is 5.91 Å². The molecule has 1 saturated carbocycles. The molecule has 3 atom stereocenters. The Kier molecular flexibility index (Phi) is 5.92. The van der Waals surface area contributed by atoms with Crippen molar-refractivity contribution in [1.29, 1.82) is 0 Å². The molecule has 3 rings (SSSR count). The van der Waals surface area contributed by atoms with E-state index >= 15 is 0 Å². The Hall–Kier alpha value is -1.79. The van der Waals surface area contributed by atoms with Gasteiger partial charge in [-0.3, -0.25) is 4.79 Å². The predicted octanol–water partition coefficient (Wildman–Crippen LogP) is 3.61. The van der Waals surface area contributed by atoms with Gasteiger partial charge in [-0.1, -0.05) is 50.4 Å². The van der Waals surface area contributed by atoms with Crippen LogP contribution in [0.1, 0.15) is 51.5 Å². The van der Waals surface area contributed by atoms with Crippen molar-refractivity contribution in [3.8, 4) is 0 Å². The minimum atomic E-state index is -1.08. The van der Waals surface area contributed by atoms with E-state index < -0.39 is 17.1 Å². The number of hydrogen-bond donors (Lipinski definition) is 3. The highest BCUT2D eigenvalue weighted by molar-refractivity contribution is 6.30. The van der Waals surface area contributed by atoms with Crippen LogP contribution in [0.4, 0.5) is 4.79 Å². The molecule has 1 aromatic carbocycles. The lowest BCUT2D eigenvalue weighted by molar-refractivity contribution is -0.158. The molecule has 1 aliphatic heterocycles. The summed E-state index contributed by atoms with van der Waals surface area (Å²) in [7, 11) is 0. The Bertz CT molecular complexity index is 736. The largest absolute Gasteiger partial charge is 0.465 e. The molecule has 6 nitrogen and oxygen atoms in total. The van der Waals surface area contributed by atoms with Crippen molar-refractivity contribution in [2.24, 2.45) is 11.3 Å². The van der Waals surface area contributed by atoms with Crippen LogP contribution in [0.2, 0.25) is 5.02 Å². The zero-order valence-electron chi connectivity index (χ0n) is 16.4. The Balaban J connectivity index is 1.76. The molecule has 2 amide bonds. The molecular weight excluding hydrogens is 380 g/mol. The number of aliphatic hydroxyl groups is 1. The second kappa shape index (κ2) is 7.91. The summed E-state index contributed by atoms with van der Waals surface area (Å²) in [4.78, 5) is 26.1. The smallest absolute Gasteiger partial charge is 0.404 e. The second-order valence-corrected chi connectivity index (χ2v) is 9.14. The van der Waals surface area contributed by atoms with Crippen molar-refractivity contribution in [2.45, 2.75) is 57.6 Å². The monoisotopic (exact) mass is 408 g/mol. The third-order valence-corrected chi connectivity index (χ3v) is 6.73. The highest BCUT2D eigenvalue weighted by atomic mass is 35.5. The van der Waals surface area contributed by atoms with E-state index in [1.807, 2.05) is 26.0 Å². The van der Waals surface area contributed by atoms with E-state index in [9.17, 15) is 14.7 Å². The van der Waals surface area contributed by atoms with Gasteiger partial charge in [0, 0.05) is 29.6 Å². The van der Waals surface area contributed by atoms with Crippen LogP contribution < -0.4 is 5.32 Å². The molecule has 0 unspecified atom stereocenters. The van der Waals surface area contributed by atoms with Crippen molar-refractivity contribution in [2.75, 3.05) is 13.1 Å². The summed E-state index contributed by atoms with van der Waals surface area (Å²) in [6.07, 6.45) is 2.59. The number of hydrogen-bond acceptors (Lipinski definition) is 3. The van der Waals surface area contributed by atoms with Gasteiger partial charge in [-0.2, -0.15) is 0 Å². The van der Waals surface area contributed by atoms with Gasteiger partial charge >= 0.3 is 6.09 Å². The molecule has 1 aliphatic carbocycles. The van der Waals surface area contributed by atoms with Crippen LogP contribution in [0.3, 0.4) is 0 Å². The Morgan fingerprint density at radius 1 is 1.18 bits per heavy atom. The number of carbonyl (C=O) groups is 2. The fraction of sp³-hybridized carbons (Fsp3) is 0.619. The number of amides is 2. The molecule has 28 heavy (non-hydrogen) atoms. The molecule has 1 heterocycles. The van der Waals surface area contributed by atoms with Gasteiger partial charge in [-0.05, 0) is 37.0 Å². The van der Waals surface area contributed by atoms with Crippen molar-refractivity contribution in [3.05, 3.63) is 34.9 Å². The number of carbonyl (C=O) groups excluding carboxylic acids is 1. The summed E-state index contributed by atoms with van der Waals surface area (Å²) in [6, 6.07) is 6.89. The maximum absolute atomic E-state index is 13.2. The maximum atomic E-state index is 13.2. The molecule has 1 aromatic rings. The summed E-state index contributed by atoms with van der Waals surface area (Å²) >= 11 is 5.99. The number of carboxylic acid groups (broad SMARTS) is 1. The third kappa shape index (κ3) is 3.98. The molecular formula is C21H29ClN2O4. The molecule has 7 heteroatoms. The molecule has 0 bridgehead atoms. The Morgan fingerprint density at radius 3 is 2.43 bits per heavy atom. The number of halogens is 1. The first-order valence-electron chi connectivity index (χ1n) is 9.91. The lowest BCUT2D eigenvalue weighted by Crippen LogP contribution is -2.59. The van der Waals surface area contributed by atoms with Crippen LogP contribution in [-0.2, 0) is 10.4 Å². The van der Waals surface area contributed by atoms with Gasteiger partial charge in [-0.25, -0.2) is 4.79 Å². The van der Waals surface area contributed by atoms with Crippen molar-refractivity contribution in [1.82, 2.24) is 10.2 Å². The van der Waals surface area contributed by atoms with Crippen LogP contribution >= 0.6 is 11.6 Å². The van der Waals surface area contributed by atoms with E-state index in [-0.39, 0.29) is 17.9 Å². The van der Waals surface area contributed by atoms with Gasteiger partial charge in [0.1, 0.15) is 0 Å². The van der Waals surface area contributed by atoms with Crippen molar-refractivity contribution in [3.63, 3.8) is 0 Å². The van der Waals surface area contributed by atoms with E-state index in [1.54, 1.807) is 17.0 Å². The fourth-order valence-electron chi connectivity index (χ4n) is 4.76. The van der Waals surface area contributed by atoms with Crippen LogP contribution in [0.15, 0.2) is 24.3 Å². The number of nitrogens with one attached hydrogen (secondary N) is 1. The lowest BCUT2D eigenvalue weighted by Gasteiger charge is -2.51. The standard InChI is InChI=1S/C21H29ClN2O4/c1-20(2)13-24(12-11-21(20,28)14-7-9-15(22)10-8-14)18(25)16-5-3-4-6-17(16)23-19(26)27/h7-10,16-17,23,28H,3-6,11-13H2,1-2H3,(H,26,27)/t16-,17+,21-/m0/s1. The van der Waals surface area contributed by atoms with E-state index in [0.29, 0.717) is 37.4 Å². The third-order valence-electron chi connectivity index (χ3n) is 6.47. The molecule has 154 valence electrons. The molecule has 2 fully saturated rings. The molecule has 0 radical (unpaired) electrons. The fourth-order valence-corrected chi connectivity index (χ4v) is 4.89. The van der Waals surface area contributed by atoms with Crippen molar-refractivity contribution >= 4 is 23.6 Å². The highest BCUT2D eigenvalue weighted by Crippen LogP contribution is 2.46. The maximum Gasteiger partial charge on any atom is 0.404 e. The van der Waals surface area contributed by atoms with Crippen molar-refractivity contribution < 1.29 is 19.8 Å². The number of rotatable bonds is 3. The Morgan fingerprint density at radius 2 is 1.82 bits per heavy atom. The average molecular weight is 409 g/mol. The van der Waals surface area contributed by atoms with Gasteiger partial charge in [0.05, 0.1) is 11.5 Å². The van der Waals surface area contributed by atoms with Crippen LogP contribution in [0.25, 0.3) is 0 Å². The van der Waals surface area contributed by atoms with E-state index in [4.69, 9.17) is 16.7 Å². The minimum absolute atomic E-state index is 0.00955. The highest BCUT2D eigenvalue weighted by Gasteiger charge is 2.50. The first-order chi connectivity index (χ1) is 13.1. The summed E-state index contributed by atoms with van der Waals surface area (Å²) < 4.78 is 0. The SMILES string of the molecule is CC1(C)CN(C(=O)[C@H]2CCCC[C@H]2NC(=O)O)CC[C@]1(O)c1ccc(Cl)cc1. The quantitative estimate of drug-likeness (QED) is 0.712. The van der Waals surface area contributed by atoms with Crippen LogP contribution in [-0.4, -0.2) is 46.2 Å². The Labute approximate surface area is 170 Å². The topological polar surface area (TPSA) is 89.9 Å². The lowest BCUT2D eigenvalue weighted by atomic mass is 9.66. The zero-order valence-corrected chi connectivity index (χ0v) is 17.2.